The molecule has 0 aliphatic carbocycles. The highest BCUT2D eigenvalue weighted by atomic mass is 32.1. The van der Waals surface area contributed by atoms with Crippen LogP contribution in [0.4, 0.5) is 5.69 Å². The van der Waals surface area contributed by atoms with Gasteiger partial charge in [0.25, 0.3) is 0 Å². The van der Waals surface area contributed by atoms with Crippen LogP contribution < -0.4 is 5.32 Å². The van der Waals surface area contributed by atoms with Crippen molar-refractivity contribution in [2.24, 2.45) is 0 Å². The van der Waals surface area contributed by atoms with Crippen LogP contribution in [0.3, 0.4) is 0 Å². The lowest BCUT2D eigenvalue weighted by Crippen LogP contribution is -2.09. The van der Waals surface area contributed by atoms with Crippen molar-refractivity contribution in [2.75, 3.05) is 5.32 Å². The second-order valence-electron chi connectivity index (χ2n) is 3.06. The van der Waals surface area contributed by atoms with E-state index in [1.54, 1.807) is 12.4 Å². The van der Waals surface area contributed by atoms with Gasteiger partial charge in [-0.3, -0.25) is 4.98 Å². The number of hydrogen-bond acceptors (Lipinski definition) is 2. The third kappa shape index (κ3) is 2.60. The molecule has 0 atom stereocenters. The first kappa shape index (κ1) is 9.80. The van der Waals surface area contributed by atoms with Gasteiger partial charge in [-0.2, -0.15) is 0 Å². The van der Waals surface area contributed by atoms with Gasteiger partial charge in [-0.25, -0.2) is 0 Å². The lowest BCUT2D eigenvalue weighted by molar-refractivity contribution is 1.33. The Bertz CT molecular complexity index is 440. The molecule has 2 aromatic rings. The van der Waals surface area contributed by atoms with Crippen LogP contribution in [0.5, 0.6) is 0 Å². The number of aromatic nitrogens is 1. The van der Waals surface area contributed by atoms with Crippen LogP contribution in [0.15, 0.2) is 54.9 Å². The van der Waals surface area contributed by atoms with Crippen LogP contribution in [-0.4, -0.2) is 9.97 Å². The monoisotopic (exact) mass is 214 g/mol. The average Bonchev–Trinajstić information content (AvgIpc) is 2.31. The minimum absolute atomic E-state index is 0.724. The lowest BCUT2D eigenvalue weighted by atomic mass is 10.2. The maximum atomic E-state index is 5.27. The summed E-state index contributed by atoms with van der Waals surface area (Å²) >= 11 is 5.27. The van der Waals surface area contributed by atoms with Crippen molar-refractivity contribution in [3.63, 3.8) is 0 Å². The topological polar surface area (TPSA) is 24.9 Å². The molecule has 2 rings (SSSR count). The Morgan fingerprint density at radius 3 is 2.33 bits per heavy atom. The molecule has 15 heavy (non-hydrogen) atoms. The van der Waals surface area contributed by atoms with Gasteiger partial charge in [0, 0.05) is 23.6 Å². The molecule has 2 nitrogen and oxygen atoms in total. The predicted molar refractivity (Wildman–Crippen MR) is 66.0 cm³/mol. The van der Waals surface area contributed by atoms with Crippen LogP contribution >= 0.6 is 12.2 Å². The Kier molecular flexibility index (Phi) is 3.05. The van der Waals surface area contributed by atoms with Crippen LogP contribution in [0, 0.1) is 0 Å². The van der Waals surface area contributed by atoms with Gasteiger partial charge in [-0.1, -0.05) is 42.5 Å². The van der Waals surface area contributed by atoms with Gasteiger partial charge in [-0.05, 0) is 12.1 Å². The number of anilines is 1. The lowest BCUT2D eigenvalue weighted by Gasteiger charge is -2.06. The standard InChI is InChI=1S/C12H10N2S/c15-12(10-4-2-1-3-5-10)14-11-6-8-13-9-7-11/h1-9H,(H,13,14,15). The van der Waals surface area contributed by atoms with E-state index in [1.165, 1.54) is 0 Å². The third-order valence-corrected chi connectivity index (χ3v) is 2.31. The molecule has 1 heterocycles. The summed E-state index contributed by atoms with van der Waals surface area (Å²) in [5.74, 6) is 0. The van der Waals surface area contributed by atoms with E-state index in [9.17, 15) is 0 Å². The fourth-order valence-electron chi connectivity index (χ4n) is 1.23. The van der Waals surface area contributed by atoms with E-state index in [2.05, 4.69) is 10.3 Å². The molecule has 1 aromatic carbocycles. The zero-order chi connectivity index (χ0) is 10.5. The Labute approximate surface area is 94.0 Å². The summed E-state index contributed by atoms with van der Waals surface area (Å²) in [6.07, 6.45) is 3.46. The van der Waals surface area contributed by atoms with Gasteiger partial charge < -0.3 is 5.32 Å². The maximum absolute atomic E-state index is 5.27. The molecule has 0 amide bonds. The highest BCUT2D eigenvalue weighted by molar-refractivity contribution is 7.81. The predicted octanol–water partition coefficient (Wildman–Crippen LogP) is 2.87. The third-order valence-electron chi connectivity index (χ3n) is 1.97. The summed E-state index contributed by atoms with van der Waals surface area (Å²) in [7, 11) is 0. The summed E-state index contributed by atoms with van der Waals surface area (Å²) in [4.78, 5) is 4.67. The SMILES string of the molecule is S=C(Nc1ccncc1)c1ccccc1. The van der Waals surface area contributed by atoms with Crippen LogP contribution in [0.1, 0.15) is 5.56 Å². The number of nitrogens with zero attached hydrogens (tertiary/aromatic N) is 1. The first-order valence-electron chi connectivity index (χ1n) is 4.63. The molecule has 0 saturated carbocycles. The summed E-state index contributed by atoms with van der Waals surface area (Å²) in [5.41, 5.74) is 1.98. The van der Waals surface area contributed by atoms with E-state index >= 15 is 0 Å². The summed E-state index contributed by atoms with van der Waals surface area (Å²) < 4.78 is 0. The largest absolute Gasteiger partial charge is 0.346 e. The summed E-state index contributed by atoms with van der Waals surface area (Å²) in [5, 5.41) is 3.15. The van der Waals surface area contributed by atoms with E-state index in [0.717, 1.165) is 16.2 Å². The zero-order valence-corrected chi connectivity index (χ0v) is 8.87. The molecule has 0 fully saturated rings. The quantitative estimate of drug-likeness (QED) is 0.778. The molecular formula is C12H10N2S. The van der Waals surface area contributed by atoms with E-state index < -0.39 is 0 Å². The first-order chi connectivity index (χ1) is 7.36. The van der Waals surface area contributed by atoms with Gasteiger partial charge in [0.15, 0.2) is 0 Å². The molecule has 1 N–H and O–H groups in total. The second kappa shape index (κ2) is 4.66. The van der Waals surface area contributed by atoms with Crippen molar-refractivity contribution in [3.05, 3.63) is 60.4 Å². The molecule has 0 radical (unpaired) electrons. The molecule has 74 valence electrons. The maximum Gasteiger partial charge on any atom is 0.110 e. The molecule has 3 heteroatoms. The molecule has 0 aliphatic rings. The van der Waals surface area contributed by atoms with E-state index in [4.69, 9.17) is 12.2 Å². The second-order valence-corrected chi connectivity index (χ2v) is 3.46. The van der Waals surface area contributed by atoms with Crippen molar-refractivity contribution >= 4 is 22.9 Å². The van der Waals surface area contributed by atoms with Crippen LogP contribution in [0.2, 0.25) is 0 Å². The molecular weight excluding hydrogens is 204 g/mol. The Morgan fingerprint density at radius 1 is 1.00 bits per heavy atom. The summed E-state index contributed by atoms with van der Waals surface area (Å²) in [6.45, 7) is 0. The molecule has 0 spiro atoms. The molecule has 0 aliphatic heterocycles. The van der Waals surface area contributed by atoms with Crippen molar-refractivity contribution < 1.29 is 0 Å². The zero-order valence-electron chi connectivity index (χ0n) is 8.05. The van der Waals surface area contributed by atoms with Crippen molar-refractivity contribution in [2.45, 2.75) is 0 Å². The first-order valence-corrected chi connectivity index (χ1v) is 5.03. The number of rotatable bonds is 2. The van der Waals surface area contributed by atoms with Gasteiger partial charge in [0.1, 0.15) is 4.99 Å². The molecule has 0 saturated heterocycles. The number of benzene rings is 1. The van der Waals surface area contributed by atoms with Gasteiger partial charge in [0.05, 0.1) is 0 Å². The Balaban J connectivity index is 2.12. The fraction of sp³-hybridized carbons (Fsp3) is 0. The molecule has 1 aromatic heterocycles. The van der Waals surface area contributed by atoms with Crippen LogP contribution in [-0.2, 0) is 0 Å². The average molecular weight is 214 g/mol. The minimum Gasteiger partial charge on any atom is -0.346 e. The number of pyridine rings is 1. The van der Waals surface area contributed by atoms with E-state index in [-0.39, 0.29) is 0 Å². The van der Waals surface area contributed by atoms with Crippen LogP contribution in [0.25, 0.3) is 0 Å². The van der Waals surface area contributed by atoms with Gasteiger partial charge >= 0.3 is 0 Å². The van der Waals surface area contributed by atoms with Crippen molar-refractivity contribution in [1.82, 2.24) is 4.98 Å². The number of hydrogen-bond donors (Lipinski definition) is 1. The van der Waals surface area contributed by atoms with Gasteiger partial charge in [0.2, 0.25) is 0 Å². The number of nitrogens with one attached hydrogen (secondary N) is 1. The Hall–Kier alpha value is -1.74. The van der Waals surface area contributed by atoms with Crippen molar-refractivity contribution in [3.8, 4) is 0 Å². The van der Waals surface area contributed by atoms with E-state index in [1.807, 2.05) is 42.5 Å². The molecule has 0 unspecified atom stereocenters. The Morgan fingerprint density at radius 2 is 1.67 bits per heavy atom. The fourth-order valence-corrected chi connectivity index (χ4v) is 1.48. The van der Waals surface area contributed by atoms with E-state index in [0.29, 0.717) is 0 Å². The summed E-state index contributed by atoms with van der Waals surface area (Å²) in [6, 6.07) is 13.6. The smallest absolute Gasteiger partial charge is 0.110 e. The number of thiocarbonyl (C=S) groups is 1. The minimum atomic E-state index is 0.724. The molecule has 0 bridgehead atoms. The normalized spacial score (nSPS) is 9.60. The van der Waals surface area contributed by atoms with Crippen molar-refractivity contribution in [1.29, 1.82) is 0 Å². The highest BCUT2D eigenvalue weighted by Gasteiger charge is 1.99. The van der Waals surface area contributed by atoms with Gasteiger partial charge in [-0.15, -0.1) is 0 Å². The highest BCUT2D eigenvalue weighted by Crippen LogP contribution is 2.08.